The summed E-state index contributed by atoms with van der Waals surface area (Å²) in [6.07, 6.45) is 0.449. The highest BCUT2D eigenvalue weighted by Crippen LogP contribution is 2.18. The average Bonchev–Trinajstić information content (AvgIpc) is 2.12. The third kappa shape index (κ3) is 2.39. The summed E-state index contributed by atoms with van der Waals surface area (Å²) in [5, 5.41) is 0. The van der Waals surface area contributed by atoms with Gasteiger partial charge in [-0.2, -0.15) is 0 Å². The molecule has 0 aliphatic heterocycles. The molecule has 0 amide bonds. The largest absolute Gasteiger partial charge is 0.483 e. The van der Waals surface area contributed by atoms with Gasteiger partial charge in [-0.05, 0) is 11.2 Å². The first-order valence-corrected chi connectivity index (χ1v) is 3.54. The molecule has 1 nitrogen and oxygen atoms in total. The van der Waals surface area contributed by atoms with Gasteiger partial charge in [0.15, 0.2) is 0 Å². The zero-order valence-corrected chi connectivity index (χ0v) is 5.75. The summed E-state index contributed by atoms with van der Waals surface area (Å²) in [6.45, 7) is -4.68. The number of hydrogen-bond acceptors (Lipinski definition) is 2. The molecule has 0 aromatic carbocycles. The van der Waals surface area contributed by atoms with Gasteiger partial charge in [0.05, 0.1) is 5.51 Å². The molecular formula is C4H4BF3NS-. The number of rotatable bonds is 2. The number of halogens is 3. The Labute approximate surface area is 60.0 Å². The van der Waals surface area contributed by atoms with Crippen LogP contribution in [-0.2, 0) is 6.32 Å². The fourth-order valence-electron chi connectivity index (χ4n) is 0.571. The summed E-state index contributed by atoms with van der Waals surface area (Å²) in [5.41, 5.74) is 1.40. The Morgan fingerprint density at radius 3 is 2.60 bits per heavy atom. The van der Waals surface area contributed by atoms with Gasteiger partial charge in [-0.3, -0.25) is 4.98 Å². The van der Waals surface area contributed by atoms with Crippen molar-refractivity contribution in [3.05, 3.63) is 16.6 Å². The molecule has 1 heterocycles. The molecule has 0 atom stereocenters. The normalized spacial score (nSPS) is 11.9. The maximum atomic E-state index is 11.7. The van der Waals surface area contributed by atoms with Crippen LogP contribution < -0.4 is 0 Å². The molecular weight excluding hydrogens is 162 g/mol. The number of thiazole rings is 1. The van der Waals surface area contributed by atoms with Crippen molar-refractivity contribution in [1.29, 1.82) is 0 Å². The number of aromatic nitrogens is 1. The Kier molecular flexibility index (Phi) is 1.98. The Morgan fingerprint density at radius 2 is 2.20 bits per heavy atom. The fraction of sp³-hybridized carbons (Fsp3) is 0.250. The van der Waals surface area contributed by atoms with Crippen LogP contribution in [0.15, 0.2) is 11.7 Å². The predicted molar refractivity (Wildman–Crippen MR) is 34.9 cm³/mol. The van der Waals surface area contributed by atoms with Crippen molar-refractivity contribution in [2.75, 3.05) is 0 Å². The van der Waals surface area contributed by atoms with E-state index in [4.69, 9.17) is 0 Å². The van der Waals surface area contributed by atoms with Crippen molar-refractivity contribution in [1.82, 2.24) is 4.98 Å². The number of hydrogen-bond donors (Lipinski definition) is 0. The maximum absolute atomic E-state index is 11.7. The average molecular weight is 166 g/mol. The van der Waals surface area contributed by atoms with E-state index in [-0.39, 0.29) is 4.88 Å². The van der Waals surface area contributed by atoms with Crippen molar-refractivity contribution in [3.63, 3.8) is 0 Å². The molecule has 0 spiro atoms. The minimum absolute atomic E-state index is 0.285. The molecule has 0 aliphatic carbocycles. The molecule has 0 saturated heterocycles. The van der Waals surface area contributed by atoms with Gasteiger partial charge in [-0.25, -0.2) is 0 Å². The lowest BCUT2D eigenvalue weighted by atomic mass is 9.86. The zero-order valence-electron chi connectivity index (χ0n) is 4.93. The van der Waals surface area contributed by atoms with E-state index in [9.17, 15) is 12.9 Å². The van der Waals surface area contributed by atoms with Crippen LogP contribution in [0, 0.1) is 0 Å². The van der Waals surface area contributed by atoms with E-state index < -0.39 is 13.3 Å². The van der Waals surface area contributed by atoms with Crippen LogP contribution in [0.1, 0.15) is 4.88 Å². The van der Waals surface area contributed by atoms with Crippen molar-refractivity contribution in [2.24, 2.45) is 0 Å². The SMILES string of the molecule is F[B-](F)(F)Cc1cncs1. The van der Waals surface area contributed by atoms with Crippen LogP contribution in [0.4, 0.5) is 12.9 Å². The Balaban J connectivity index is 2.57. The number of nitrogens with zero attached hydrogens (tertiary/aromatic N) is 1. The summed E-state index contributed by atoms with van der Waals surface area (Å²) in [6, 6.07) is 0. The molecule has 0 saturated carbocycles. The molecule has 10 heavy (non-hydrogen) atoms. The quantitative estimate of drug-likeness (QED) is 0.612. The molecule has 0 fully saturated rings. The van der Waals surface area contributed by atoms with Crippen LogP contribution >= 0.6 is 11.3 Å². The fourth-order valence-corrected chi connectivity index (χ4v) is 1.24. The third-order valence-corrected chi connectivity index (χ3v) is 1.72. The molecule has 1 rings (SSSR count). The highest BCUT2D eigenvalue weighted by atomic mass is 32.1. The Morgan fingerprint density at radius 1 is 1.50 bits per heavy atom. The molecule has 6 heteroatoms. The van der Waals surface area contributed by atoms with Crippen molar-refractivity contribution >= 4 is 18.3 Å². The van der Waals surface area contributed by atoms with Gasteiger partial charge in [0.1, 0.15) is 0 Å². The first-order chi connectivity index (χ1) is 4.58. The van der Waals surface area contributed by atoms with E-state index in [2.05, 4.69) is 4.98 Å². The second kappa shape index (κ2) is 2.61. The van der Waals surface area contributed by atoms with Crippen LogP contribution in [0.3, 0.4) is 0 Å². The van der Waals surface area contributed by atoms with Gasteiger partial charge in [0.25, 0.3) is 0 Å². The van der Waals surface area contributed by atoms with Gasteiger partial charge in [0.2, 0.25) is 0 Å². The Hall–Kier alpha value is -0.515. The summed E-state index contributed by atoms with van der Waals surface area (Å²) < 4.78 is 35.0. The van der Waals surface area contributed by atoms with Gasteiger partial charge in [-0.15, -0.1) is 11.3 Å². The topological polar surface area (TPSA) is 12.9 Å². The highest BCUT2D eigenvalue weighted by molar-refractivity contribution is 7.10. The van der Waals surface area contributed by atoms with Gasteiger partial charge >= 0.3 is 6.98 Å². The van der Waals surface area contributed by atoms with Crippen LogP contribution in [0.2, 0.25) is 0 Å². The minimum atomic E-state index is -4.68. The van der Waals surface area contributed by atoms with Crippen molar-refractivity contribution in [2.45, 2.75) is 6.32 Å². The van der Waals surface area contributed by atoms with Gasteiger partial charge < -0.3 is 12.9 Å². The van der Waals surface area contributed by atoms with Crippen molar-refractivity contribution in [3.8, 4) is 0 Å². The molecule has 0 N–H and O–H groups in total. The predicted octanol–water partition coefficient (Wildman–Crippen LogP) is 2.07. The smallest absolute Gasteiger partial charge is 0.449 e. The highest BCUT2D eigenvalue weighted by Gasteiger charge is 2.23. The second-order valence-electron chi connectivity index (χ2n) is 1.88. The molecule has 56 valence electrons. The molecule has 0 radical (unpaired) electrons. The first kappa shape index (κ1) is 7.59. The van der Waals surface area contributed by atoms with E-state index in [0.29, 0.717) is 0 Å². The lowest BCUT2D eigenvalue weighted by molar-refractivity contribution is 0.469. The van der Waals surface area contributed by atoms with E-state index in [1.807, 2.05) is 0 Å². The summed E-state index contributed by atoms with van der Waals surface area (Å²) in [4.78, 5) is 3.82. The third-order valence-electron chi connectivity index (χ3n) is 0.916. The Bertz CT molecular complexity index is 195. The molecule has 1 aromatic heterocycles. The molecule has 0 bridgehead atoms. The van der Waals surface area contributed by atoms with E-state index in [1.165, 1.54) is 11.7 Å². The van der Waals surface area contributed by atoms with E-state index in [1.54, 1.807) is 0 Å². The van der Waals surface area contributed by atoms with Gasteiger partial charge in [-0.1, -0.05) is 0 Å². The van der Waals surface area contributed by atoms with E-state index in [0.717, 1.165) is 11.3 Å². The van der Waals surface area contributed by atoms with Crippen LogP contribution in [0.5, 0.6) is 0 Å². The summed E-state index contributed by atoms with van der Waals surface area (Å²) in [7, 11) is 0. The lowest BCUT2D eigenvalue weighted by Gasteiger charge is -2.10. The zero-order chi connectivity index (χ0) is 7.61. The monoisotopic (exact) mass is 166 g/mol. The maximum Gasteiger partial charge on any atom is 0.483 e. The molecule has 1 aromatic rings. The summed E-state index contributed by atoms with van der Waals surface area (Å²) in [5.74, 6) is 0. The van der Waals surface area contributed by atoms with E-state index >= 15 is 0 Å². The standard InChI is InChI=1S/C4H4BF3NS/c6-5(7,8)1-4-2-9-3-10-4/h2-3H,1H2/q-1. The van der Waals surface area contributed by atoms with Crippen LogP contribution in [-0.4, -0.2) is 12.0 Å². The minimum Gasteiger partial charge on any atom is -0.449 e. The lowest BCUT2D eigenvalue weighted by Crippen LogP contribution is -2.18. The van der Waals surface area contributed by atoms with Crippen molar-refractivity contribution < 1.29 is 12.9 Å². The molecule has 0 unspecified atom stereocenters. The van der Waals surface area contributed by atoms with Gasteiger partial charge in [0, 0.05) is 6.20 Å². The second-order valence-corrected chi connectivity index (χ2v) is 2.85. The molecule has 0 aliphatic rings. The van der Waals surface area contributed by atoms with Crippen LogP contribution in [0.25, 0.3) is 0 Å². The first-order valence-electron chi connectivity index (χ1n) is 2.66. The summed E-state index contributed by atoms with van der Waals surface area (Å²) >= 11 is 1.03.